The molecule has 1 amide bonds. The van der Waals surface area contributed by atoms with E-state index in [4.69, 9.17) is 27.1 Å². The van der Waals surface area contributed by atoms with Gasteiger partial charge < -0.3 is 10.5 Å². The van der Waals surface area contributed by atoms with Crippen molar-refractivity contribution in [3.63, 3.8) is 0 Å². The van der Waals surface area contributed by atoms with E-state index in [1.165, 1.54) is 4.90 Å². The van der Waals surface area contributed by atoms with Gasteiger partial charge >= 0.3 is 0 Å². The van der Waals surface area contributed by atoms with E-state index in [1.54, 1.807) is 19.4 Å². The maximum atomic E-state index is 13.6. The van der Waals surface area contributed by atoms with E-state index >= 15 is 0 Å². The molecule has 1 spiro atoms. The topological polar surface area (TPSA) is 80.8 Å². The van der Waals surface area contributed by atoms with Crippen LogP contribution in [0.2, 0.25) is 5.02 Å². The molecule has 2 N–H and O–H groups in total. The molecule has 31 heavy (non-hydrogen) atoms. The van der Waals surface area contributed by atoms with Crippen molar-refractivity contribution in [3.8, 4) is 22.6 Å². The molecule has 7 heteroatoms. The van der Waals surface area contributed by atoms with Crippen molar-refractivity contribution >= 4 is 23.5 Å². The van der Waals surface area contributed by atoms with E-state index in [1.807, 2.05) is 42.5 Å². The number of nitrogens with two attached hydrogens (primary N) is 1. The third-order valence-corrected chi connectivity index (χ3v) is 6.14. The van der Waals surface area contributed by atoms with Crippen LogP contribution in [0.25, 0.3) is 11.1 Å². The molecule has 2 aromatic carbocycles. The minimum atomic E-state index is -1.29. The number of ether oxygens (including phenoxy) is 1. The van der Waals surface area contributed by atoms with Gasteiger partial charge in [-0.3, -0.25) is 14.7 Å². The van der Waals surface area contributed by atoms with Crippen LogP contribution in [0.15, 0.2) is 59.9 Å². The zero-order valence-electron chi connectivity index (χ0n) is 17.4. The second kappa shape index (κ2) is 6.82. The minimum Gasteiger partial charge on any atom is -0.457 e. The zero-order valence-corrected chi connectivity index (χ0v) is 18.1. The van der Waals surface area contributed by atoms with E-state index in [-0.39, 0.29) is 11.9 Å². The standard InChI is InChI=1S/C24H21ClN4O2/c1-13(2)14-4-6-18-21(10-14)31-20-7-5-15(16-8-17(25)12-27-11-16)9-19(20)24(18)22(30)29(3)23(26)28-24/h4-13H,1-3H3,(H2,26,28). The summed E-state index contributed by atoms with van der Waals surface area (Å²) in [5.41, 5.74) is 8.97. The molecule has 0 aliphatic carbocycles. The van der Waals surface area contributed by atoms with Crippen LogP contribution in [-0.4, -0.2) is 28.8 Å². The van der Waals surface area contributed by atoms with Crippen molar-refractivity contribution in [3.05, 3.63) is 76.6 Å². The highest BCUT2D eigenvalue weighted by Gasteiger charge is 2.54. The first-order valence-corrected chi connectivity index (χ1v) is 10.4. The van der Waals surface area contributed by atoms with Crippen molar-refractivity contribution in [2.45, 2.75) is 25.3 Å². The second-order valence-electron chi connectivity index (χ2n) is 8.16. The molecule has 6 nitrogen and oxygen atoms in total. The summed E-state index contributed by atoms with van der Waals surface area (Å²) < 4.78 is 6.27. The molecule has 5 rings (SSSR count). The summed E-state index contributed by atoms with van der Waals surface area (Å²) >= 11 is 6.14. The van der Waals surface area contributed by atoms with Crippen LogP contribution in [-0.2, 0) is 10.3 Å². The molecule has 0 radical (unpaired) electrons. The van der Waals surface area contributed by atoms with Crippen LogP contribution in [0.5, 0.6) is 11.5 Å². The van der Waals surface area contributed by atoms with Crippen molar-refractivity contribution in [2.24, 2.45) is 10.7 Å². The number of nitrogens with zero attached hydrogens (tertiary/aromatic N) is 3. The van der Waals surface area contributed by atoms with E-state index in [0.29, 0.717) is 33.6 Å². The molecule has 0 saturated heterocycles. The van der Waals surface area contributed by atoms with E-state index < -0.39 is 5.54 Å². The fraction of sp³-hybridized carbons (Fsp3) is 0.208. The third kappa shape index (κ3) is 2.82. The summed E-state index contributed by atoms with van der Waals surface area (Å²) in [4.78, 5) is 23.8. The van der Waals surface area contributed by atoms with Crippen LogP contribution in [0.3, 0.4) is 0 Å². The van der Waals surface area contributed by atoms with E-state index in [0.717, 1.165) is 16.7 Å². The number of benzene rings is 2. The number of aromatic nitrogens is 1. The van der Waals surface area contributed by atoms with Crippen LogP contribution >= 0.6 is 11.6 Å². The summed E-state index contributed by atoms with van der Waals surface area (Å²) in [5.74, 6) is 1.48. The summed E-state index contributed by atoms with van der Waals surface area (Å²) in [6.45, 7) is 4.23. The van der Waals surface area contributed by atoms with Gasteiger partial charge in [-0.15, -0.1) is 0 Å². The first kappa shape index (κ1) is 19.6. The van der Waals surface area contributed by atoms with Gasteiger partial charge in [0.25, 0.3) is 5.91 Å². The monoisotopic (exact) mass is 432 g/mol. The van der Waals surface area contributed by atoms with Gasteiger partial charge in [0.1, 0.15) is 11.5 Å². The van der Waals surface area contributed by atoms with Gasteiger partial charge in [0.05, 0.1) is 5.02 Å². The molecule has 3 aromatic rings. The number of fused-ring (bicyclic) bond motifs is 4. The summed E-state index contributed by atoms with van der Waals surface area (Å²) in [7, 11) is 1.64. The molecule has 2 aliphatic rings. The van der Waals surface area contributed by atoms with E-state index in [9.17, 15) is 4.79 Å². The third-order valence-electron chi connectivity index (χ3n) is 5.93. The highest BCUT2D eigenvalue weighted by atomic mass is 35.5. The van der Waals surface area contributed by atoms with E-state index in [2.05, 4.69) is 18.8 Å². The Morgan fingerprint density at radius 2 is 1.84 bits per heavy atom. The number of carbonyl (C=O) groups excluding carboxylic acids is 1. The molecule has 0 bridgehead atoms. The predicted octanol–water partition coefficient (Wildman–Crippen LogP) is 4.66. The number of pyridine rings is 1. The smallest absolute Gasteiger partial charge is 0.266 e. The highest BCUT2D eigenvalue weighted by molar-refractivity contribution is 6.30. The first-order valence-electron chi connectivity index (χ1n) is 10.0. The van der Waals surface area contributed by atoms with Crippen molar-refractivity contribution < 1.29 is 9.53 Å². The van der Waals surface area contributed by atoms with Gasteiger partial charge in [-0.25, -0.2) is 4.99 Å². The predicted molar refractivity (Wildman–Crippen MR) is 120 cm³/mol. The van der Waals surface area contributed by atoms with Gasteiger partial charge in [0, 0.05) is 36.1 Å². The number of rotatable bonds is 2. The lowest BCUT2D eigenvalue weighted by Crippen LogP contribution is -2.42. The Morgan fingerprint density at radius 1 is 1.03 bits per heavy atom. The Balaban J connectivity index is 1.77. The lowest BCUT2D eigenvalue weighted by molar-refractivity contribution is -0.129. The van der Waals surface area contributed by atoms with Crippen LogP contribution in [0.4, 0.5) is 0 Å². The van der Waals surface area contributed by atoms with Crippen LogP contribution in [0, 0.1) is 0 Å². The number of halogens is 1. The summed E-state index contributed by atoms with van der Waals surface area (Å²) in [5, 5.41) is 0.534. The Hall–Kier alpha value is -3.38. The normalized spacial score (nSPS) is 19.3. The fourth-order valence-electron chi connectivity index (χ4n) is 4.19. The highest BCUT2D eigenvalue weighted by Crippen LogP contribution is 2.52. The molecule has 1 unspecified atom stereocenters. The number of amides is 1. The molecular formula is C24H21ClN4O2. The zero-order chi connectivity index (χ0) is 21.9. The Labute approximate surface area is 185 Å². The maximum absolute atomic E-state index is 13.6. The molecule has 1 aromatic heterocycles. The molecule has 3 heterocycles. The molecule has 0 saturated carbocycles. The molecule has 2 aliphatic heterocycles. The summed E-state index contributed by atoms with van der Waals surface area (Å²) in [6.07, 6.45) is 3.31. The Morgan fingerprint density at radius 3 is 2.52 bits per heavy atom. The van der Waals surface area contributed by atoms with Crippen molar-refractivity contribution in [1.82, 2.24) is 9.88 Å². The minimum absolute atomic E-state index is 0.173. The first-order chi connectivity index (χ1) is 14.8. The van der Waals surface area contributed by atoms with Gasteiger partial charge in [-0.1, -0.05) is 43.6 Å². The lowest BCUT2D eigenvalue weighted by atomic mass is 9.78. The molecular weight excluding hydrogens is 412 g/mol. The van der Waals surface area contributed by atoms with Crippen LogP contribution in [0.1, 0.15) is 36.5 Å². The average molecular weight is 433 g/mol. The van der Waals surface area contributed by atoms with Crippen LogP contribution < -0.4 is 10.5 Å². The number of hydrogen-bond acceptors (Lipinski definition) is 5. The SMILES string of the molecule is CC(C)c1ccc2c(c1)Oc1ccc(-c3cncc(Cl)c3)cc1C21N=C(N)N(C)C1=O. The Kier molecular flexibility index (Phi) is 4.31. The second-order valence-corrected chi connectivity index (χ2v) is 8.60. The van der Waals surface area contributed by atoms with Crippen molar-refractivity contribution in [2.75, 3.05) is 7.05 Å². The fourth-order valence-corrected chi connectivity index (χ4v) is 4.36. The Bertz CT molecular complexity index is 1270. The lowest BCUT2D eigenvalue weighted by Gasteiger charge is -2.34. The summed E-state index contributed by atoms with van der Waals surface area (Å²) in [6, 6.07) is 13.4. The molecule has 156 valence electrons. The van der Waals surface area contributed by atoms with Gasteiger partial charge in [-0.2, -0.15) is 0 Å². The van der Waals surface area contributed by atoms with Crippen molar-refractivity contribution in [1.29, 1.82) is 0 Å². The number of likely N-dealkylation sites (N-methyl/N-ethyl adjacent to an activating group) is 1. The average Bonchev–Trinajstić information content (AvgIpc) is 2.98. The molecule has 0 fully saturated rings. The number of hydrogen-bond donors (Lipinski definition) is 1. The number of guanidine groups is 1. The van der Waals surface area contributed by atoms with Gasteiger partial charge in [-0.05, 0) is 41.3 Å². The number of carbonyl (C=O) groups is 1. The van der Waals surface area contributed by atoms with Gasteiger partial charge in [0.2, 0.25) is 5.54 Å². The maximum Gasteiger partial charge on any atom is 0.266 e. The molecule has 1 atom stereocenters. The van der Waals surface area contributed by atoms with Gasteiger partial charge in [0.15, 0.2) is 5.96 Å². The number of aliphatic imine (C=N–C) groups is 1. The quantitative estimate of drug-likeness (QED) is 0.638. The largest absolute Gasteiger partial charge is 0.457 e.